The number of hydrogen-bond donors (Lipinski definition) is 0. The van der Waals surface area contributed by atoms with Crippen molar-refractivity contribution in [2.75, 3.05) is 0 Å². The van der Waals surface area contributed by atoms with Crippen LogP contribution in [0.1, 0.15) is 30.0 Å². The smallest absolute Gasteiger partial charge is 0.126 e. The van der Waals surface area contributed by atoms with Gasteiger partial charge in [0.15, 0.2) is 0 Å². The summed E-state index contributed by atoms with van der Waals surface area (Å²) >= 11 is 0. The Hall–Kier alpha value is -2.48. The zero-order valence-corrected chi connectivity index (χ0v) is 14.4. The van der Waals surface area contributed by atoms with Crippen molar-refractivity contribution >= 4 is 0 Å². The second-order valence-electron chi connectivity index (χ2n) is 6.42. The summed E-state index contributed by atoms with van der Waals surface area (Å²) in [5.74, 6) is -1.03. The number of benzene rings is 3. The summed E-state index contributed by atoms with van der Waals surface area (Å²) in [5.41, 5.74) is 5.61. The fourth-order valence-electron chi connectivity index (χ4n) is 3.06. The van der Waals surface area contributed by atoms with Crippen LogP contribution >= 0.6 is 0 Å². The first-order chi connectivity index (χ1) is 12.1. The molecule has 0 saturated carbocycles. The first kappa shape index (κ1) is 17.3. The van der Waals surface area contributed by atoms with Gasteiger partial charge in [0.25, 0.3) is 0 Å². The molecule has 0 aromatic heterocycles. The molecule has 0 saturated heterocycles. The highest BCUT2D eigenvalue weighted by molar-refractivity contribution is 5.64. The standard InChI is InChI=1S/C23H22F2/c1-2-3-17-6-10-20(11-7-17)21-12-8-18(9-13-21)4-5-19-14-22(24)16-23(25)15-19/h6-16H,2-5H2,1H3. The van der Waals surface area contributed by atoms with Crippen molar-refractivity contribution in [3.63, 3.8) is 0 Å². The van der Waals surface area contributed by atoms with E-state index in [1.54, 1.807) is 0 Å². The van der Waals surface area contributed by atoms with Crippen LogP contribution in [0.2, 0.25) is 0 Å². The van der Waals surface area contributed by atoms with E-state index < -0.39 is 11.6 Å². The van der Waals surface area contributed by atoms with E-state index >= 15 is 0 Å². The lowest BCUT2D eigenvalue weighted by Crippen LogP contribution is -1.94. The van der Waals surface area contributed by atoms with Crippen LogP contribution in [0.3, 0.4) is 0 Å². The molecule has 3 aromatic carbocycles. The quantitative estimate of drug-likeness (QED) is 0.490. The molecule has 25 heavy (non-hydrogen) atoms. The maximum Gasteiger partial charge on any atom is 0.126 e. The van der Waals surface area contributed by atoms with E-state index in [0.29, 0.717) is 12.0 Å². The summed E-state index contributed by atoms with van der Waals surface area (Å²) < 4.78 is 26.5. The molecule has 3 aromatic rings. The predicted molar refractivity (Wildman–Crippen MR) is 99.6 cm³/mol. The molecule has 128 valence electrons. The molecular formula is C23H22F2. The largest absolute Gasteiger partial charge is 0.207 e. The fourth-order valence-corrected chi connectivity index (χ4v) is 3.06. The molecule has 0 nitrogen and oxygen atoms in total. The Kier molecular flexibility index (Phi) is 5.60. The Morgan fingerprint density at radius 2 is 1.00 bits per heavy atom. The van der Waals surface area contributed by atoms with Crippen LogP contribution in [0.15, 0.2) is 66.7 Å². The van der Waals surface area contributed by atoms with Crippen molar-refractivity contribution in [2.45, 2.75) is 32.6 Å². The van der Waals surface area contributed by atoms with Crippen molar-refractivity contribution in [3.05, 3.63) is 95.1 Å². The SMILES string of the molecule is CCCc1ccc(-c2ccc(CCc3cc(F)cc(F)c3)cc2)cc1. The first-order valence-corrected chi connectivity index (χ1v) is 8.77. The minimum absolute atomic E-state index is 0.517. The van der Waals surface area contributed by atoms with Gasteiger partial charge in [-0.25, -0.2) is 8.78 Å². The van der Waals surface area contributed by atoms with Crippen LogP contribution in [0.25, 0.3) is 11.1 Å². The molecule has 2 heteroatoms. The molecule has 0 heterocycles. The number of halogens is 2. The Balaban J connectivity index is 1.65. The third-order valence-corrected chi connectivity index (χ3v) is 4.40. The lowest BCUT2D eigenvalue weighted by atomic mass is 9.99. The maximum absolute atomic E-state index is 13.2. The molecule has 0 amide bonds. The number of rotatable bonds is 6. The second kappa shape index (κ2) is 8.06. The van der Waals surface area contributed by atoms with Crippen LogP contribution < -0.4 is 0 Å². The monoisotopic (exact) mass is 336 g/mol. The van der Waals surface area contributed by atoms with E-state index in [4.69, 9.17) is 0 Å². The summed E-state index contributed by atoms with van der Waals surface area (Å²) in [6, 6.07) is 20.8. The van der Waals surface area contributed by atoms with Crippen molar-refractivity contribution in [2.24, 2.45) is 0 Å². The van der Waals surface area contributed by atoms with Crippen LogP contribution in [0, 0.1) is 11.6 Å². The molecule has 0 aliphatic heterocycles. The third kappa shape index (κ3) is 4.76. The predicted octanol–water partition coefficient (Wildman–Crippen LogP) is 6.37. The Bertz CT molecular complexity index is 797. The minimum atomic E-state index is -0.517. The molecule has 3 rings (SSSR count). The summed E-state index contributed by atoms with van der Waals surface area (Å²) in [6.07, 6.45) is 3.65. The maximum atomic E-state index is 13.2. The van der Waals surface area contributed by atoms with Crippen LogP contribution in [0.4, 0.5) is 8.78 Å². The molecule has 0 N–H and O–H groups in total. The highest BCUT2D eigenvalue weighted by atomic mass is 19.1. The molecule has 0 bridgehead atoms. The normalized spacial score (nSPS) is 10.8. The second-order valence-corrected chi connectivity index (χ2v) is 6.42. The fraction of sp³-hybridized carbons (Fsp3) is 0.217. The average Bonchev–Trinajstić information content (AvgIpc) is 2.61. The molecule has 0 aliphatic rings. The molecule has 0 radical (unpaired) electrons. The molecular weight excluding hydrogens is 314 g/mol. The Morgan fingerprint density at radius 1 is 0.560 bits per heavy atom. The zero-order valence-electron chi connectivity index (χ0n) is 14.4. The topological polar surface area (TPSA) is 0 Å². The Labute approximate surface area is 148 Å². The van der Waals surface area contributed by atoms with Gasteiger partial charge in [0, 0.05) is 6.07 Å². The molecule has 0 spiro atoms. The van der Waals surface area contributed by atoms with E-state index in [1.807, 2.05) is 0 Å². The van der Waals surface area contributed by atoms with Gasteiger partial charge < -0.3 is 0 Å². The van der Waals surface area contributed by atoms with Crippen molar-refractivity contribution in [3.8, 4) is 11.1 Å². The van der Waals surface area contributed by atoms with Crippen molar-refractivity contribution < 1.29 is 8.78 Å². The van der Waals surface area contributed by atoms with Crippen molar-refractivity contribution in [1.29, 1.82) is 0 Å². The van der Waals surface area contributed by atoms with Gasteiger partial charge in [-0.05, 0) is 59.2 Å². The van der Waals surface area contributed by atoms with E-state index in [2.05, 4.69) is 55.5 Å². The number of aryl methyl sites for hydroxylation is 3. The Morgan fingerprint density at radius 3 is 1.48 bits per heavy atom. The van der Waals surface area contributed by atoms with E-state index in [0.717, 1.165) is 30.9 Å². The molecule has 0 fully saturated rings. The van der Waals surface area contributed by atoms with Gasteiger partial charge in [-0.15, -0.1) is 0 Å². The summed E-state index contributed by atoms with van der Waals surface area (Å²) in [7, 11) is 0. The van der Waals surface area contributed by atoms with Gasteiger partial charge >= 0.3 is 0 Å². The zero-order chi connectivity index (χ0) is 17.6. The van der Waals surface area contributed by atoms with Crippen molar-refractivity contribution in [1.82, 2.24) is 0 Å². The molecule has 0 atom stereocenters. The summed E-state index contributed by atoms with van der Waals surface area (Å²) in [5, 5.41) is 0. The van der Waals surface area contributed by atoms with Gasteiger partial charge in [-0.2, -0.15) is 0 Å². The highest BCUT2D eigenvalue weighted by Crippen LogP contribution is 2.21. The van der Waals surface area contributed by atoms with Gasteiger partial charge in [0.05, 0.1) is 0 Å². The van der Waals surface area contributed by atoms with Crippen LogP contribution in [-0.4, -0.2) is 0 Å². The summed E-state index contributed by atoms with van der Waals surface area (Å²) in [4.78, 5) is 0. The first-order valence-electron chi connectivity index (χ1n) is 8.77. The minimum Gasteiger partial charge on any atom is -0.207 e. The summed E-state index contributed by atoms with van der Waals surface area (Å²) in [6.45, 7) is 2.19. The van der Waals surface area contributed by atoms with Crippen LogP contribution in [-0.2, 0) is 19.3 Å². The lowest BCUT2D eigenvalue weighted by molar-refractivity contribution is 0.579. The number of hydrogen-bond acceptors (Lipinski definition) is 0. The highest BCUT2D eigenvalue weighted by Gasteiger charge is 2.03. The van der Waals surface area contributed by atoms with E-state index in [-0.39, 0.29) is 0 Å². The van der Waals surface area contributed by atoms with E-state index in [9.17, 15) is 8.78 Å². The van der Waals surface area contributed by atoms with E-state index in [1.165, 1.54) is 28.8 Å². The molecule has 0 aliphatic carbocycles. The third-order valence-electron chi connectivity index (χ3n) is 4.40. The molecule has 0 unspecified atom stereocenters. The van der Waals surface area contributed by atoms with Gasteiger partial charge in [-0.1, -0.05) is 61.9 Å². The van der Waals surface area contributed by atoms with Crippen LogP contribution in [0.5, 0.6) is 0 Å². The van der Waals surface area contributed by atoms with Gasteiger partial charge in [-0.3, -0.25) is 0 Å². The lowest BCUT2D eigenvalue weighted by Gasteiger charge is -2.07. The van der Waals surface area contributed by atoms with Gasteiger partial charge in [0.1, 0.15) is 11.6 Å². The average molecular weight is 336 g/mol. The van der Waals surface area contributed by atoms with Gasteiger partial charge in [0.2, 0.25) is 0 Å².